The molecule has 1 aromatic heterocycles. The van der Waals surface area contributed by atoms with Gasteiger partial charge in [-0.3, -0.25) is 0 Å². The van der Waals surface area contributed by atoms with Gasteiger partial charge in [0.15, 0.2) is 17.3 Å². The van der Waals surface area contributed by atoms with E-state index in [1.165, 1.54) is 12.3 Å². The maximum absolute atomic E-state index is 14.0. The van der Waals surface area contributed by atoms with Gasteiger partial charge in [-0.15, -0.1) is 0 Å². The molecule has 0 saturated heterocycles. The summed E-state index contributed by atoms with van der Waals surface area (Å²) in [5.74, 6) is 0.320. The molecule has 0 aliphatic heterocycles. The molecule has 0 aliphatic rings. The summed E-state index contributed by atoms with van der Waals surface area (Å²) in [4.78, 5) is 3.89. The van der Waals surface area contributed by atoms with Gasteiger partial charge in [0.05, 0.1) is 7.11 Å². The Labute approximate surface area is 117 Å². The molecule has 4 nitrogen and oxygen atoms in total. The number of rotatable bonds is 5. The number of methoxy groups -OCH3 is 1. The summed E-state index contributed by atoms with van der Waals surface area (Å²) in [6.07, 6.45) is 2.35. The van der Waals surface area contributed by atoms with Crippen molar-refractivity contribution < 1.29 is 13.9 Å². The van der Waals surface area contributed by atoms with Crippen LogP contribution < -0.4 is 15.2 Å². The van der Waals surface area contributed by atoms with Crippen LogP contribution in [0.4, 0.5) is 4.39 Å². The molecule has 0 bridgehead atoms. The average molecular weight is 276 g/mol. The minimum Gasteiger partial charge on any atom is -0.493 e. The predicted molar refractivity (Wildman–Crippen MR) is 74.5 cm³/mol. The Morgan fingerprint density at radius 2 is 2.05 bits per heavy atom. The predicted octanol–water partition coefficient (Wildman–Crippen LogP) is 3.04. The van der Waals surface area contributed by atoms with Gasteiger partial charge in [-0.25, -0.2) is 9.37 Å². The molecule has 0 fully saturated rings. The van der Waals surface area contributed by atoms with Crippen LogP contribution in [0.1, 0.15) is 18.1 Å². The van der Waals surface area contributed by atoms with Crippen molar-refractivity contribution in [1.82, 2.24) is 4.98 Å². The first-order chi connectivity index (χ1) is 9.69. The van der Waals surface area contributed by atoms with E-state index in [-0.39, 0.29) is 12.4 Å². The van der Waals surface area contributed by atoms with Crippen LogP contribution in [0.2, 0.25) is 0 Å². The lowest BCUT2D eigenvalue weighted by Crippen LogP contribution is -2.03. The summed E-state index contributed by atoms with van der Waals surface area (Å²) in [6.45, 7) is 2.14. The number of hydrogen-bond donors (Lipinski definition) is 1. The van der Waals surface area contributed by atoms with Crippen LogP contribution in [0.15, 0.2) is 30.5 Å². The highest BCUT2D eigenvalue weighted by molar-refractivity contribution is 5.45. The summed E-state index contributed by atoms with van der Waals surface area (Å²) in [7, 11) is 1.54. The minimum absolute atomic E-state index is 0.0939. The SMILES string of the molecule is CCc1ccc(Oc2nccc(CN)c2F)c(OC)c1. The Morgan fingerprint density at radius 3 is 2.70 bits per heavy atom. The molecule has 0 saturated carbocycles. The summed E-state index contributed by atoms with van der Waals surface area (Å²) >= 11 is 0. The maximum Gasteiger partial charge on any atom is 0.256 e. The molecule has 2 rings (SSSR count). The molecule has 2 aromatic rings. The zero-order valence-corrected chi connectivity index (χ0v) is 11.5. The first-order valence-electron chi connectivity index (χ1n) is 6.37. The monoisotopic (exact) mass is 276 g/mol. The lowest BCUT2D eigenvalue weighted by atomic mass is 10.1. The molecular formula is C15H17FN2O2. The van der Waals surface area contributed by atoms with E-state index in [0.717, 1.165) is 12.0 Å². The smallest absolute Gasteiger partial charge is 0.256 e. The van der Waals surface area contributed by atoms with Gasteiger partial charge >= 0.3 is 0 Å². The molecular weight excluding hydrogens is 259 g/mol. The molecule has 1 heterocycles. The van der Waals surface area contributed by atoms with Gasteiger partial charge in [-0.1, -0.05) is 13.0 Å². The second kappa shape index (κ2) is 6.34. The van der Waals surface area contributed by atoms with E-state index in [1.807, 2.05) is 19.1 Å². The second-order valence-electron chi connectivity index (χ2n) is 4.23. The Hall–Kier alpha value is -2.14. The molecule has 0 atom stereocenters. The lowest BCUT2D eigenvalue weighted by molar-refractivity contribution is 0.362. The van der Waals surface area contributed by atoms with E-state index in [0.29, 0.717) is 17.1 Å². The standard InChI is InChI=1S/C15H17FN2O2/c1-3-10-4-5-12(13(8-10)19-2)20-15-14(16)11(9-17)6-7-18-15/h4-8H,3,9,17H2,1-2H3. The number of ether oxygens (including phenoxy) is 2. The minimum atomic E-state index is -0.545. The topological polar surface area (TPSA) is 57.4 Å². The van der Waals surface area contributed by atoms with Crippen molar-refractivity contribution >= 4 is 0 Å². The number of benzene rings is 1. The first-order valence-corrected chi connectivity index (χ1v) is 6.37. The molecule has 2 N–H and O–H groups in total. The van der Waals surface area contributed by atoms with Crippen molar-refractivity contribution in [2.75, 3.05) is 7.11 Å². The van der Waals surface area contributed by atoms with Gasteiger partial charge in [-0.2, -0.15) is 0 Å². The maximum atomic E-state index is 14.0. The van der Waals surface area contributed by atoms with Crippen LogP contribution in [0.25, 0.3) is 0 Å². The van der Waals surface area contributed by atoms with Gasteiger partial charge in [0.2, 0.25) is 0 Å². The van der Waals surface area contributed by atoms with Crippen LogP contribution in [0.5, 0.6) is 17.4 Å². The van der Waals surface area contributed by atoms with Gasteiger partial charge in [-0.05, 0) is 30.2 Å². The summed E-state index contributed by atoms with van der Waals surface area (Å²) in [5.41, 5.74) is 6.93. The number of aromatic nitrogens is 1. The van der Waals surface area contributed by atoms with Crippen molar-refractivity contribution in [2.24, 2.45) is 5.73 Å². The van der Waals surface area contributed by atoms with Crippen LogP contribution in [0.3, 0.4) is 0 Å². The van der Waals surface area contributed by atoms with E-state index in [2.05, 4.69) is 4.98 Å². The molecule has 0 radical (unpaired) electrons. The molecule has 0 spiro atoms. The molecule has 0 unspecified atom stereocenters. The van der Waals surface area contributed by atoms with Crippen molar-refractivity contribution in [3.05, 3.63) is 47.4 Å². The van der Waals surface area contributed by atoms with Crippen LogP contribution >= 0.6 is 0 Å². The fourth-order valence-electron chi connectivity index (χ4n) is 1.81. The summed E-state index contributed by atoms with van der Waals surface area (Å²) in [6, 6.07) is 7.04. The Balaban J connectivity index is 2.35. The van der Waals surface area contributed by atoms with E-state index in [4.69, 9.17) is 15.2 Å². The zero-order chi connectivity index (χ0) is 14.5. The normalized spacial score (nSPS) is 10.4. The molecule has 1 aromatic carbocycles. The fourth-order valence-corrected chi connectivity index (χ4v) is 1.81. The fraction of sp³-hybridized carbons (Fsp3) is 0.267. The van der Waals surface area contributed by atoms with Crippen molar-refractivity contribution in [3.63, 3.8) is 0 Å². The van der Waals surface area contributed by atoms with E-state index in [1.54, 1.807) is 13.2 Å². The molecule has 0 amide bonds. The van der Waals surface area contributed by atoms with Crippen molar-refractivity contribution in [3.8, 4) is 17.4 Å². The highest BCUT2D eigenvalue weighted by atomic mass is 19.1. The van der Waals surface area contributed by atoms with Crippen LogP contribution in [-0.2, 0) is 13.0 Å². The number of pyridine rings is 1. The largest absolute Gasteiger partial charge is 0.493 e. The number of nitrogens with two attached hydrogens (primary N) is 1. The average Bonchev–Trinajstić information content (AvgIpc) is 2.49. The number of aryl methyl sites for hydroxylation is 1. The quantitative estimate of drug-likeness (QED) is 0.912. The third-order valence-corrected chi connectivity index (χ3v) is 3.00. The number of halogens is 1. The van der Waals surface area contributed by atoms with Gasteiger partial charge < -0.3 is 15.2 Å². The lowest BCUT2D eigenvalue weighted by Gasteiger charge is -2.12. The summed E-state index contributed by atoms with van der Waals surface area (Å²) in [5, 5.41) is 0. The Morgan fingerprint density at radius 1 is 1.25 bits per heavy atom. The number of hydrogen-bond acceptors (Lipinski definition) is 4. The van der Waals surface area contributed by atoms with E-state index >= 15 is 0 Å². The molecule has 5 heteroatoms. The van der Waals surface area contributed by atoms with Crippen LogP contribution in [-0.4, -0.2) is 12.1 Å². The van der Waals surface area contributed by atoms with E-state index < -0.39 is 5.82 Å². The first kappa shape index (κ1) is 14.3. The second-order valence-corrected chi connectivity index (χ2v) is 4.23. The molecule has 20 heavy (non-hydrogen) atoms. The molecule has 106 valence electrons. The van der Waals surface area contributed by atoms with Gasteiger partial charge in [0.25, 0.3) is 5.88 Å². The zero-order valence-electron chi connectivity index (χ0n) is 11.5. The van der Waals surface area contributed by atoms with Crippen molar-refractivity contribution in [1.29, 1.82) is 0 Å². The third-order valence-electron chi connectivity index (χ3n) is 3.00. The van der Waals surface area contributed by atoms with Gasteiger partial charge in [0, 0.05) is 18.3 Å². The van der Waals surface area contributed by atoms with Crippen molar-refractivity contribution in [2.45, 2.75) is 19.9 Å². The Bertz CT molecular complexity index is 602. The highest BCUT2D eigenvalue weighted by Crippen LogP contribution is 2.33. The highest BCUT2D eigenvalue weighted by Gasteiger charge is 2.13. The Kier molecular flexibility index (Phi) is 4.53. The summed E-state index contributed by atoms with van der Waals surface area (Å²) < 4.78 is 24.8. The molecule has 0 aliphatic carbocycles. The third kappa shape index (κ3) is 2.88. The number of nitrogens with zero attached hydrogens (tertiary/aromatic N) is 1. The van der Waals surface area contributed by atoms with E-state index in [9.17, 15) is 4.39 Å². The van der Waals surface area contributed by atoms with Crippen LogP contribution in [0, 0.1) is 5.82 Å². The van der Waals surface area contributed by atoms with Gasteiger partial charge in [0.1, 0.15) is 0 Å².